The van der Waals surface area contributed by atoms with Gasteiger partial charge >= 0.3 is 0 Å². The van der Waals surface area contributed by atoms with Crippen LogP contribution in [0.3, 0.4) is 0 Å². The first-order valence-electron chi connectivity index (χ1n) is 6.86. The van der Waals surface area contributed by atoms with Gasteiger partial charge in [0.1, 0.15) is 5.82 Å². The molecule has 0 aliphatic heterocycles. The van der Waals surface area contributed by atoms with Gasteiger partial charge in [0.25, 0.3) is 0 Å². The number of benzene rings is 3. The molecule has 0 aliphatic carbocycles. The predicted molar refractivity (Wildman–Crippen MR) is 86.8 cm³/mol. The van der Waals surface area contributed by atoms with Crippen molar-refractivity contribution in [3.63, 3.8) is 0 Å². The Labute approximate surface area is 132 Å². The molecule has 3 rings (SSSR count). The van der Waals surface area contributed by atoms with Crippen LogP contribution in [0.15, 0.2) is 88.7 Å². The zero-order valence-electron chi connectivity index (χ0n) is 11.7. The van der Waals surface area contributed by atoms with E-state index in [0.717, 1.165) is 9.79 Å². The fraction of sp³-hybridized carbons (Fsp3) is 0. The second kappa shape index (κ2) is 6.58. The molecule has 0 N–H and O–H groups in total. The molecule has 0 unspecified atom stereocenters. The molecule has 0 saturated heterocycles. The quantitative estimate of drug-likeness (QED) is 0.616. The van der Waals surface area contributed by atoms with E-state index in [1.165, 1.54) is 17.8 Å². The molecule has 0 heterocycles. The SMILES string of the molecule is O=C(c1ccccc1)c1ccc(Sc2ccccc2)cc1F. The molecule has 0 bridgehead atoms. The maximum absolute atomic E-state index is 14.3. The van der Waals surface area contributed by atoms with E-state index >= 15 is 0 Å². The Kier molecular flexibility index (Phi) is 4.35. The summed E-state index contributed by atoms with van der Waals surface area (Å²) in [5, 5.41) is 0. The van der Waals surface area contributed by atoms with E-state index in [-0.39, 0.29) is 11.3 Å². The number of carbonyl (C=O) groups is 1. The fourth-order valence-electron chi connectivity index (χ4n) is 2.11. The third-order valence-corrected chi connectivity index (χ3v) is 4.20. The van der Waals surface area contributed by atoms with Crippen LogP contribution in [0.4, 0.5) is 4.39 Å². The molecule has 0 saturated carbocycles. The Morgan fingerprint density at radius 1 is 0.773 bits per heavy atom. The van der Waals surface area contributed by atoms with Gasteiger partial charge in [-0.25, -0.2) is 4.39 Å². The smallest absolute Gasteiger partial charge is 0.195 e. The van der Waals surface area contributed by atoms with Crippen LogP contribution in [-0.2, 0) is 0 Å². The summed E-state index contributed by atoms with van der Waals surface area (Å²) in [7, 11) is 0. The second-order valence-corrected chi connectivity index (χ2v) is 5.90. The van der Waals surface area contributed by atoms with Crippen LogP contribution in [0.5, 0.6) is 0 Å². The van der Waals surface area contributed by atoms with Gasteiger partial charge in [-0.1, -0.05) is 60.3 Å². The van der Waals surface area contributed by atoms with Crippen molar-refractivity contribution in [3.8, 4) is 0 Å². The Morgan fingerprint density at radius 3 is 2.05 bits per heavy atom. The first-order valence-corrected chi connectivity index (χ1v) is 7.68. The summed E-state index contributed by atoms with van der Waals surface area (Å²) < 4.78 is 14.3. The minimum Gasteiger partial charge on any atom is -0.288 e. The highest BCUT2D eigenvalue weighted by molar-refractivity contribution is 7.99. The highest BCUT2D eigenvalue weighted by Crippen LogP contribution is 2.29. The van der Waals surface area contributed by atoms with Gasteiger partial charge < -0.3 is 0 Å². The van der Waals surface area contributed by atoms with E-state index in [0.29, 0.717) is 5.56 Å². The minimum absolute atomic E-state index is 0.101. The molecular formula is C19H13FOS. The van der Waals surface area contributed by atoms with Crippen LogP contribution in [0, 0.1) is 5.82 Å². The number of halogens is 1. The number of hydrogen-bond acceptors (Lipinski definition) is 2. The Bertz CT molecular complexity index is 785. The van der Waals surface area contributed by atoms with Gasteiger partial charge in [-0.2, -0.15) is 0 Å². The molecule has 0 atom stereocenters. The zero-order chi connectivity index (χ0) is 15.4. The lowest BCUT2D eigenvalue weighted by atomic mass is 10.0. The molecule has 3 heteroatoms. The lowest BCUT2D eigenvalue weighted by Gasteiger charge is -2.06. The first-order chi connectivity index (χ1) is 10.7. The van der Waals surface area contributed by atoms with Crippen LogP contribution >= 0.6 is 11.8 Å². The Hall–Kier alpha value is -2.39. The number of rotatable bonds is 4. The van der Waals surface area contributed by atoms with Crippen LogP contribution in [-0.4, -0.2) is 5.78 Å². The fourth-order valence-corrected chi connectivity index (χ4v) is 2.98. The lowest BCUT2D eigenvalue weighted by Crippen LogP contribution is -2.04. The molecule has 0 radical (unpaired) electrons. The molecule has 0 amide bonds. The number of hydrogen-bond donors (Lipinski definition) is 0. The third kappa shape index (κ3) is 3.26. The molecule has 0 spiro atoms. The summed E-state index contributed by atoms with van der Waals surface area (Å²) in [6.45, 7) is 0. The van der Waals surface area contributed by atoms with Gasteiger partial charge in [0.2, 0.25) is 0 Å². The first kappa shape index (κ1) is 14.5. The summed E-state index contributed by atoms with van der Waals surface area (Å²) in [5.41, 5.74) is 0.591. The van der Waals surface area contributed by atoms with E-state index in [4.69, 9.17) is 0 Å². The summed E-state index contributed by atoms with van der Waals surface area (Å²) >= 11 is 1.47. The standard InChI is InChI=1S/C19H13FOS/c20-18-13-16(22-15-9-5-2-6-10-15)11-12-17(18)19(21)14-7-3-1-4-8-14/h1-13H. The van der Waals surface area contributed by atoms with Crippen molar-refractivity contribution in [1.29, 1.82) is 0 Å². The normalized spacial score (nSPS) is 10.4. The van der Waals surface area contributed by atoms with Gasteiger partial charge in [0, 0.05) is 15.4 Å². The number of ketones is 1. The molecule has 1 nitrogen and oxygen atoms in total. The van der Waals surface area contributed by atoms with Crippen molar-refractivity contribution < 1.29 is 9.18 Å². The molecule has 108 valence electrons. The van der Waals surface area contributed by atoms with E-state index in [1.54, 1.807) is 36.4 Å². The maximum Gasteiger partial charge on any atom is 0.195 e. The topological polar surface area (TPSA) is 17.1 Å². The Balaban J connectivity index is 1.85. The molecule has 0 fully saturated rings. The summed E-state index contributed by atoms with van der Waals surface area (Å²) in [5.74, 6) is -0.788. The largest absolute Gasteiger partial charge is 0.288 e. The van der Waals surface area contributed by atoms with Crippen LogP contribution in [0.25, 0.3) is 0 Å². The average molecular weight is 308 g/mol. The van der Waals surface area contributed by atoms with Crippen LogP contribution in [0.2, 0.25) is 0 Å². The number of carbonyl (C=O) groups excluding carboxylic acids is 1. The minimum atomic E-state index is -0.491. The van der Waals surface area contributed by atoms with E-state index < -0.39 is 5.82 Å². The summed E-state index contributed by atoms with van der Waals surface area (Å²) in [6, 6.07) is 23.2. The Morgan fingerprint density at radius 2 is 1.41 bits per heavy atom. The molecule has 22 heavy (non-hydrogen) atoms. The lowest BCUT2D eigenvalue weighted by molar-refractivity contribution is 0.103. The molecule has 3 aromatic rings. The van der Waals surface area contributed by atoms with E-state index in [9.17, 15) is 9.18 Å². The maximum atomic E-state index is 14.3. The van der Waals surface area contributed by atoms with E-state index in [1.807, 2.05) is 36.4 Å². The van der Waals surface area contributed by atoms with E-state index in [2.05, 4.69) is 0 Å². The highest BCUT2D eigenvalue weighted by Gasteiger charge is 2.14. The molecule has 3 aromatic carbocycles. The molecular weight excluding hydrogens is 295 g/mol. The average Bonchev–Trinajstić information content (AvgIpc) is 2.56. The summed E-state index contributed by atoms with van der Waals surface area (Å²) in [4.78, 5) is 14.1. The molecule has 0 aliphatic rings. The zero-order valence-corrected chi connectivity index (χ0v) is 12.5. The monoisotopic (exact) mass is 308 g/mol. The van der Waals surface area contributed by atoms with Crippen molar-refractivity contribution in [2.75, 3.05) is 0 Å². The van der Waals surface area contributed by atoms with Crippen molar-refractivity contribution in [2.45, 2.75) is 9.79 Å². The van der Waals surface area contributed by atoms with Gasteiger partial charge in [-0.05, 0) is 30.3 Å². The van der Waals surface area contributed by atoms with Gasteiger partial charge in [-0.3, -0.25) is 4.79 Å². The van der Waals surface area contributed by atoms with Crippen LogP contribution in [0.1, 0.15) is 15.9 Å². The third-order valence-electron chi connectivity index (χ3n) is 3.20. The van der Waals surface area contributed by atoms with Crippen molar-refractivity contribution in [2.24, 2.45) is 0 Å². The molecule has 0 aromatic heterocycles. The van der Waals surface area contributed by atoms with Gasteiger partial charge in [0.15, 0.2) is 5.78 Å². The van der Waals surface area contributed by atoms with Gasteiger partial charge in [-0.15, -0.1) is 0 Å². The van der Waals surface area contributed by atoms with Crippen molar-refractivity contribution in [3.05, 3.63) is 95.8 Å². The van der Waals surface area contributed by atoms with Gasteiger partial charge in [0.05, 0.1) is 5.56 Å². The second-order valence-electron chi connectivity index (χ2n) is 4.75. The highest BCUT2D eigenvalue weighted by atomic mass is 32.2. The predicted octanol–water partition coefficient (Wildman–Crippen LogP) is 5.21. The van der Waals surface area contributed by atoms with Crippen LogP contribution < -0.4 is 0 Å². The van der Waals surface area contributed by atoms with Crippen molar-refractivity contribution in [1.82, 2.24) is 0 Å². The van der Waals surface area contributed by atoms with Crippen molar-refractivity contribution >= 4 is 17.5 Å². The summed E-state index contributed by atoms with van der Waals surface area (Å²) in [6.07, 6.45) is 0.